The fourth-order valence-corrected chi connectivity index (χ4v) is 1.68. The quantitative estimate of drug-likeness (QED) is 0.877. The lowest BCUT2D eigenvalue weighted by atomic mass is 10.3. The maximum atomic E-state index is 12.5. The first kappa shape index (κ1) is 17.3. The van der Waals surface area contributed by atoms with Crippen molar-refractivity contribution in [3.05, 3.63) is 29.8 Å². The molecule has 0 radical (unpaired) electrons. The van der Waals surface area contributed by atoms with Crippen LogP contribution in [0.25, 0.3) is 0 Å². The second-order valence-electron chi connectivity index (χ2n) is 4.21. The van der Waals surface area contributed by atoms with Crippen molar-refractivity contribution in [2.24, 2.45) is 7.05 Å². The second kappa shape index (κ2) is 6.81. The third kappa shape index (κ3) is 4.36. The van der Waals surface area contributed by atoms with E-state index in [4.69, 9.17) is 5.11 Å². The van der Waals surface area contributed by atoms with Crippen LogP contribution in [0.4, 0.5) is 18.9 Å². The van der Waals surface area contributed by atoms with Crippen molar-refractivity contribution in [2.45, 2.75) is 19.3 Å². The van der Waals surface area contributed by atoms with Crippen LogP contribution in [-0.2, 0) is 26.3 Å². The Kier molecular flexibility index (Phi) is 5.62. The minimum Gasteiger partial charge on any atom is -0.394 e. The van der Waals surface area contributed by atoms with E-state index in [0.29, 0.717) is 17.9 Å². The molecule has 0 bridgehead atoms. The maximum absolute atomic E-state index is 12.5. The average molecular weight is 326 g/mol. The van der Waals surface area contributed by atoms with E-state index in [2.05, 4.69) is 15.5 Å². The molecule has 21 heavy (non-hydrogen) atoms. The molecule has 2 aromatic rings. The van der Waals surface area contributed by atoms with Crippen molar-refractivity contribution >= 4 is 18.1 Å². The van der Waals surface area contributed by atoms with Crippen LogP contribution >= 0.6 is 12.4 Å². The lowest BCUT2D eigenvalue weighted by molar-refractivity contribution is -0.141. The van der Waals surface area contributed by atoms with Gasteiger partial charge in [-0.15, -0.1) is 12.4 Å². The summed E-state index contributed by atoms with van der Waals surface area (Å²) in [5.41, 5.74) is 0.160. The summed E-state index contributed by atoms with van der Waals surface area (Å²) in [4.78, 5) is 0. The van der Waals surface area contributed by atoms with Gasteiger partial charge >= 0.3 is 6.18 Å². The fourth-order valence-electron chi connectivity index (χ4n) is 1.68. The molecule has 0 atom stereocenters. The number of halogens is 4. The van der Waals surface area contributed by atoms with Crippen molar-refractivity contribution in [1.82, 2.24) is 19.6 Å². The van der Waals surface area contributed by atoms with E-state index in [0.717, 1.165) is 6.07 Å². The van der Waals surface area contributed by atoms with Gasteiger partial charge in [-0.2, -0.15) is 23.4 Å². The molecule has 0 fully saturated rings. The minimum absolute atomic E-state index is 0. The number of aliphatic hydroxyl groups is 1. The zero-order valence-corrected chi connectivity index (χ0v) is 11.9. The maximum Gasteiger partial charge on any atom is 0.435 e. The lowest BCUT2D eigenvalue weighted by Crippen LogP contribution is -2.07. The Morgan fingerprint density at radius 1 is 1.38 bits per heavy atom. The number of nitrogens with zero attached hydrogens (tertiary/aromatic N) is 4. The molecule has 118 valence electrons. The van der Waals surface area contributed by atoms with E-state index in [-0.39, 0.29) is 25.6 Å². The minimum atomic E-state index is -4.44. The van der Waals surface area contributed by atoms with E-state index >= 15 is 0 Å². The number of alkyl halides is 3. The van der Waals surface area contributed by atoms with E-state index in [1.807, 2.05) is 0 Å². The molecule has 6 nitrogen and oxygen atoms in total. The Morgan fingerprint density at radius 2 is 2.10 bits per heavy atom. The van der Waals surface area contributed by atoms with E-state index in [1.165, 1.54) is 22.6 Å². The van der Waals surface area contributed by atoms with Gasteiger partial charge in [-0.05, 0) is 6.07 Å². The monoisotopic (exact) mass is 325 g/mol. The van der Waals surface area contributed by atoms with Gasteiger partial charge in [-0.3, -0.25) is 9.36 Å². The molecule has 2 aromatic heterocycles. The van der Waals surface area contributed by atoms with Crippen molar-refractivity contribution in [1.29, 1.82) is 0 Å². The van der Waals surface area contributed by atoms with Crippen molar-refractivity contribution in [3.8, 4) is 0 Å². The van der Waals surface area contributed by atoms with Crippen LogP contribution in [0.15, 0.2) is 18.5 Å². The molecule has 2 heterocycles. The first-order valence-electron chi connectivity index (χ1n) is 5.87. The van der Waals surface area contributed by atoms with Gasteiger partial charge in [0.15, 0.2) is 5.69 Å². The summed E-state index contributed by atoms with van der Waals surface area (Å²) in [7, 11) is 1.46. The van der Waals surface area contributed by atoms with Gasteiger partial charge in [0, 0.05) is 13.2 Å². The predicted molar refractivity (Wildman–Crippen MR) is 72.1 cm³/mol. The van der Waals surface area contributed by atoms with Crippen LogP contribution < -0.4 is 5.32 Å². The fraction of sp³-hybridized carbons (Fsp3) is 0.455. The molecular weight excluding hydrogens is 311 g/mol. The highest BCUT2D eigenvalue weighted by Gasteiger charge is 2.34. The molecule has 0 aliphatic heterocycles. The summed E-state index contributed by atoms with van der Waals surface area (Å²) in [6, 6.07) is 1.01. The molecule has 10 heteroatoms. The van der Waals surface area contributed by atoms with E-state index in [9.17, 15) is 13.2 Å². The Morgan fingerprint density at radius 3 is 2.67 bits per heavy atom. The average Bonchev–Trinajstić information content (AvgIpc) is 2.93. The highest BCUT2D eigenvalue weighted by atomic mass is 35.5. The summed E-state index contributed by atoms with van der Waals surface area (Å²) in [6.45, 7) is 0.536. The lowest BCUT2D eigenvalue weighted by Gasteiger charge is -2.03. The zero-order valence-electron chi connectivity index (χ0n) is 11.1. The van der Waals surface area contributed by atoms with E-state index < -0.39 is 11.9 Å². The third-order valence-electron chi connectivity index (χ3n) is 2.70. The van der Waals surface area contributed by atoms with E-state index in [1.54, 1.807) is 6.20 Å². The number of anilines is 1. The molecule has 0 aliphatic carbocycles. The predicted octanol–water partition coefficient (Wildman–Crippen LogP) is 1.66. The topological polar surface area (TPSA) is 67.9 Å². The smallest absolute Gasteiger partial charge is 0.394 e. The summed E-state index contributed by atoms with van der Waals surface area (Å²) in [5.74, 6) is 0. The van der Waals surface area contributed by atoms with Gasteiger partial charge < -0.3 is 10.4 Å². The number of hydrogen-bond donors (Lipinski definition) is 2. The van der Waals surface area contributed by atoms with Crippen molar-refractivity contribution < 1.29 is 18.3 Å². The van der Waals surface area contributed by atoms with Crippen LogP contribution in [0, 0.1) is 0 Å². The molecule has 0 amide bonds. The number of rotatable bonds is 5. The number of aryl methyl sites for hydroxylation is 1. The molecule has 0 aromatic carbocycles. The Hall–Kier alpha value is -1.74. The standard InChI is InChI=1S/C11H14F3N5O.ClH/c1-18-9(4-10(17-18)11(12,13)14)6-15-8-5-16-19(7-8)2-3-20;/h4-5,7,15,20H,2-3,6H2,1H3;1H. The second-order valence-corrected chi connectivity index (χ2v) is 4.21. The number of aromatic nitrogens is 4. The number of nitrogens with one attached hydrogen (secondary N) is 1. The normalized spacial score (nSPS) is 11.3. The highest BCUT2D eigenvalue weighted by molar-refractivity contribution is 5.85. The van der Waals surface area contributed by atoms with Gasteiger partial charge in [-0.25, -0.2) is 0 Å². The summed E-state index contributed by atoms with van der Waals surface area (Å²) < 4.78 is 40.2. The van der Waals surface area contributed by atoms with Crippen LogP contribution in [-0.4, -0.2) is 31.3 Å². The zero-order chi connectivity index (χ0) is 14.8. The highest BCUT2D eigenvalue weighted by Crippen LogP contribution is 2.28. The molecule has 0 spiro atoms. The van der Waals surface area contributed by atoms with Gasteiger partial charge in [0.25, 0.3) is 0 Å². The molecule has 2 rings (SSSR count). The molecular formula is C11H15ClF3N5O. The number of aliphatic hydroxyl groups excluding tert-OH is 1. The van der Waals surface area contributed by atoms with Crippen LogP contribution in [0.1, 0.15) is 11.4 Å². The van der Waals surface area contributed by atoms with Gasteiger partial charge in [-0.1, -0.05) is 0 Å². The first-order valence-corrected chi connectivity index (χ1v) is 5.87. The Bertz CT molecular complexity index is 581. The van der Waals surface area contributed by atoms with Crippen LogP contribution in [0.5, 0.6) is 0 Å². The molecule has 0 saturated heterocycles. The van der Waals surface area contributed by atoms with Gasteiger partial charge in [0.1, 0.15) is 0 Å². The third-order valence-corrected chi connectivity index (χ3v) is 2.70. The molecule has 0 aliphatic rings. The molecule has 0 saturated carbocycles. The van der Waals surface area contributed by atoms with Crippen LogP contribution in [0.3, 0.4) is 0 Å². The van der Waals surface area contributed by atoms with Gasteiger partial charge in [0.05, 0.1) is 37.3 Å². The Balaban J connectivity index is 0.00000220. The number of hydrogen-bond acceptors (Lipinski definition) is 4. The van der Waals surface area contributed by atoms with Crippen molar-refractivity contribution in [2.75, 3.05) is 11.9 Å². The summed E-state index contributed by atoms with van der Waals surface area (Å²) in [6.07, 6.45) is -1.24. The van der Waals surface area contributed by atoms with Crippen LogP contribution in [0.2, 0.25) is 0 Å². The Labute approximate surface area is 125 Å². The van der Waals surface area contributed by atoms with Gasteiger partial charge in [0.2, 0.25) is 0 Å². The summed E-state index contributed by atoms with van der Waals surface area (Å²) in [5, 5.41) is 19.1. The largest absolute Gasteiger partial charge is 0.435 e. The first-order chi connectivity index (χ1) is 9.40. The summed E-state index contributed by atoms with van der Waals surface area (Å²) >= 11 is 0. The molecule has 0 unspecified atom stereocenters. The van der Waals surface area contributed by atoms with Crippen molar-refractivity contribution in [3.63, 3.8) is 0 Å². The SMILES string of the molecule is Cl.Cn1nc(C(F)(F)F)cc1CNc1cnn(CCO)c1. The molecule has 2 N–H and O–H groups in total.